The molecule has 0 spiro atoms. The molecule has 3 aromatic rings. The fourth-order valence-electron chi connectivity index (χ4n) is 2.37. The molecule has 0 atom stereocenters. The Morgan fingerprint density at radius 2 is 1.96 bits per heavy atom. The molecule has 1 amide bonds. The normalized spacial score (nSPS) is 10.6. The zero-order valence-electron chi connectivity index (χ0n) is 14.5. The van der Waals surface area contributed by atoms with Gasteiger partial charge in [-0.2, -0.15) is 4.98 Å². The van der Waals surface area contributed by atoms with Crippen LogP contribution in [0.3, 0.4) is 0 Å². The van der Waals surface area contributed by atoms with Gasteiger partial charge < -0.3 is 14.6 Å². The van der Waals surface area contributed by atoms with Crippen LogP contribution in [0.4, 0.5) is 5.69 Å². The molecule has 6 nitrogen and oxygen atoms in total. The van der Waals surface area contributed by atoms with Crippen molar-refractivity contribution < 1.29 is 14.1 Å². The highest BCUT2D eigenvalue weighted by molar-refractivity contribution is 6.35. The molecule has 0 saturated heterocycles. The standard InChI is InChI=1S/C19H17Cl2N3O3/c1-2-26-14-6-3-12(4-7-14)19-23-18(27-24-19)10-9-17(25)22-16-11-13(20)5-8-15(16)21/h3-8,11H,2,9-10H2,1H3,(H,22,25). The van der Waals surface area contributed by atoms with Gasteiger partial charge in [0.05, 0.1) is 17.3 Å². The van der Waals surface area contributed by atoms with Crippen LogP contribution in [0.15, 0.2) is 47.0 Å². The molecule has 0 unspecified atom stereocenters. The van der Waals surface area contributed by atoms with E-state index in [4.69, 9.17) is 32.5 Å². The second-order valence-corrected chi connectivity index (χ2v) is 6.49. The lowest BCUT2D eigenvalue weighted by Crippen LogP contribution is -2.12. The van der Waals surface area contributed by atoms with Crippen LogP contribution in [-0.2, 0) is 11.2 Å². The van der Waals surface area contributed by atoms with Gasteiger partial charge in [-0.05, 0) is 49.4 Å². The third-order valence-electron chi connectivity index (χ3n) is 3.66. The summed E-state index contributed by atoms with van der Waals surface area (Å²) in [5.41, 5.74) is 1.28. The molecule has 1 N–H and O–H groups in total. The number of ether oxygens (including phenoxy) is 1. The van der Waals surface area contributed by atoms with E-state index in [1.54, 1.807) is 18.2 Å². The third kappa shape index (κ3) is 5.21. The lowest BCUT2D eigenvalue weighted by atomic mass is 10.2. The number of hydrogen-bond donors (Lipinski definition) is 1. The van der Waals surface area contributed by atoms with Crippen LogP contribution in [0, 0.1) is 0 Å². The van der Waals surface area contributed by atoms with Crippen LogP contribution in [0.5, 0.6) is 5.75 Å². The number of nitrogens with one attached hydrogen (secondary N) is 1. The summed E-state index contributed by atoms with van der Waals surface area (Å²) >= 11 is 11.9. The van der Waals surface area contributed by atoms with E-state index in [1.165, 1.54) is 0 Å². The summed E-state index contributed by atoms with van der Waals surface area (Å²) in [6, 6.07) is 12.3. The van der Waals surface area contributed by atoms with Crippen molar-refractivity contribution in [2.75, 3.05) is 11.9 Å². The van der Waals surface area contributed by atoms with Gasteiger partial charge in [-0.1, -0.05) is 28.4 Å². The average molecular weight is 406 g/mol. The summed E-state index contributed by atoms with van der Waals surface area (Å²) in [5, 5.41) is 7.58. The Labute approximate surface area is 166 Å². The van der Waals surface area contributed by atoms with E-state index in [0.29, 0.717) is 40.5 Å². The zero-order valence-corrected chi connectivity index (χ0v) is 16.0. The molecule has 3 rings (SSSR count). The van der Waals surface area contributed by atoms with E-state index in [1.807, 2.05) is 31.2 Å². The minimum absolute atomic E-state index is 0.174. The molecule has 1 aromatic heterocycles. The number of aryl methyl sites for hydroxylation is 1. The lowest BCUT2D eigenvalue weighted by molar-refractivity contribution is -0.116. The Morgan fingerprint density at radius 3 is 2.70 bits per heavy atom. The Bertz CT molecular complexity index is 926. The molecular weight excluding hydrogens is 389 g/mol. The van der Waals surface area contributed by atoms with Gasteiger partial charge in [0, 0.05) is 23.4 Å². The monoisotopic (exact) mass is 405 g/mol. The smallest absolute Gasteiger partial charge is 0.227 e. The highest BCUT2D eigenvalue weighted by Crippen LogP contribution is 2.25. The second-order valence-electron chi connectivity index (χ2n) is 5.64. The minimum atomic E-state index is -0.222. The SMILES string of the molecule is CCOc1ccc(-c2noc(CCC(=O)Nc3cc(Cl)ccc3Cl)n2)cc1. The van der Waals surface area contributed by atoms with Gasteiger partial charge in [-0.25, -0.2) is 0 Å². The van der Waals surface area contributed by atoms with Gasteiger partial charge in [0.15, 0.2) is 0 Å². The molecule has 0 radical (unpaired) electrons. The molecule has 140 valence electrons. The van der Waals surface area contributed by atoms with E-state index >= 15 is 0 Å². The topological polar surface area (TPSA) is 77.2 Å². The summed E-state index contributed by atoms with van der Waals surface area (Å²) < 4.78 is 10.6. The second kappa shape index (κ2) is 8.88. The molecule has 1 heterocycles. The minimum Gasteiger partial charge on any atom is -0.494 e. The first kappa shape index (κ1) is 19.2. The Hall–Kier alpha value is -2.57. The van der Waals surface area contributed by atoms with E-state index < -0.39 is 0 Å². The van der Waals surface area contributed by atoms with E-state index in [-0.39, 0.29) is 12.3 Å². The van der Waals surface area contributed by atoms with Crippen LogP contribution >= 0.6 is 23.2 Å². The molecule has 2 aromatic carbocycles. The Kier molecular flexibility index (Phi) is 6.32. The molecule has 0 aliphatic rings. The van der Waals surface area contributed by atoms with Crippen LogP contribution in [0.2, 0.25) is 10.0 Å². The van der Waals surface area contributed by atoms with E-state index in [2.05, 4.69) is 15.5 Å². The first-order chi connectivity index (χ1) is 13.0. The van der Waals surface area contributed by atoms with Crippen molar-refractivity contribution in [2.24, 2.45) is 0 Å². The van der Waals surface area contributed by atoms with Gasteiger partial charge >= 0.3 is 0 Å². The van der Waals surface area contributed by atoms with Crippen LogP contribution in [0.1, 0.15) is 19.2 Å². The molecule has 0 aliphatic heterocycles. The predicted molar refractivity (Wildman–Crippen MR) is 104 cm³/mol. The maximum atomic E-state index is 12.1. The molecule has 27 heavy (non-hydrogen) atoms. The molecule has 0 fully saturated rings. The first-order valence-electron chi connectivity index (χ1n) is 8.36. The maximum absolute atomic E-state index is 12.1. The van der Waals surface area contributed by atoms with Crippen molar-refractivity contribution >= 4 is 34.8 Å². The van der Waals surface area contributed by atoms with Crippen LogP contribution in [0.25, 0.3) is 11.4 Å². The number of nitrogens with zero attached hydrogens (tertiary/aromatic N) is 2. The summed E-state index contributed by atoms with van der Waals surface area (Å²) in [6.07, 6.45) is 0.488. The number of benzene rings is 2. The Balaban J connectivity index is 1.57. The number of anilines is 1. The molecule has 0 bridgehead atoms. The summed E-state index contributed by atoms with van der Waals surface area (Å²) in [7, 11) is 0. The number of halogens is 2. The Morgan fingerprint density at radius 1 is 1.19 bits per heavy atom. The molecule has 8 heteroatoms. The van der Waals surface area contributed by atoms with Gasteiger partial charge in [0.1, 0.15) is 5.75 Å². The number of amides is 1. The number of aromatic nitrogens is 2. The van der Waals surface area contributed by atoms with Crippen molar-refractivity contribution in [1.82, 2.24) is 10.1 Å². The van der Waals surface area contributed by atoms with Gasteiger partial charge in [0.2, 0.25) is 17.6 Å². The maximum Gasteiger partial charge on any atom is 0.227 e. The van der Waals surface area contributed by atoms with Crippen LogP contribution in [-0.4, -0.2) is 22.7 Å². The van der Waals surface area contributed by atoms with Crippen LogP contribution < -0.4 is 10.1 Å². The summed E-state index contributed by atoms with van der Waals surface area (Å²) in [5.74, 6) is 1.40. The number of carbonyl (C=O) groups is 1. The van der Waals surface area contributed by atoms with Crippen molar-refractivity contribution in [3.8, 4) is 17.1 Å². The van der Waals surface area contributed by atoms with Crippen molar-refractivity contribution in [3.05, 3.63) is 58.4 Å². The average Bonchev–Trinajstić information content (AvgIpc) is 3.13. The fraction of sp³-hybridized carbons (Fsp3) is 0.211. The van der Waals surface area contributed by atoms with Gasteiger partial charge in [0.25, 0.3) is 0 Å². The van der Waals surface area contributed by atoms with Crippen molar-refractivity contribution in [1.29, 1.82) is 0 Å². The third-order valence-corrected chi connectivity index (χ3v) is 4.22. The molecule has 0 saturated carbocycles. The summed E-state index contributed by atoms with van der Waals surface area (Å²) in [6.45, 7) is 2.53. The predicted octanol–water partition coefficient (Wildman–Crippen LogP) is 5.01. The van der Waals surface area contributed by atoms with Crippen molar-refractivity contribution in [2.45, 2.75) is 19.8 Å². The van der Waals surface area contributed by atoms with Gasteiger partial charge in [-0.3, -0.25) is 4.79 Å². The quantitative estimate of drug-likeness (QED) is 0.597. The molecule has 0 aliphatic carbocycles. The van der Waals surface area contributed by atoms with E-state index in [9.17, 15) is 4.79 Å². The number of carbonyl (C=O) groups excluding carboxylic acids is 1. The number of rotatable bonds is 7. The van der Waals surface area contributed by atoms with Gasteiger partial charge in [-0.15, -0.1) is 0 Å². The lowest BCUT2D eigenvalue weighted by Gasteiger charge is -2.06. The first-order valence-corrected chi connectivity index (χ1v) is 9.11. The fourth-order valence-corrected chi connectivity index (χ4v) is 2.70. The summed E-state index contributed by atoms with van der Waals surface area (Å²) in [4.78, 5) is 16.4. The van der Waals surface area contributed by atoms with E-state index in [0.717, 1.165) is 11.3 Å². The molecular formula is C19H17Cl2N3O3. The largest absolute Gasteiger partial charge is 0.494 e. The zero-order chi connectivity index (χ0) is 19.2. The highest BCUT2D eigenvalue weighted by atomic mass is 35.5. The van der Waals surface area contributed by atoms with Crippen molar-refractivity contribution in [3.63, 3.8) is 0 Å². The highest BCUT2D eigenvalue weighted by Gasteiger charge is 2.12. The number of hydrogen-bond acceptors (Lipinski definition) is 5.